The maximum absolute atomic E-state index is 13.9. The number of hydrogen-bond acceptors (Lipinski definition) is 4. The zero-order chi connectivity index (χ0) is 21.8. The van der Waals surface area contributed by atoms with Crippen molar-refractivity contribution < 1.29 is 18.7 Å². The summed E-state index contributed by atoms with van der Waals surface area (Å²) in [5, 5.41) is 1.34. The average Bonchev–Trinajstić information content (AvgIpc) is 3.23. The van der Waals surface area contributed by atoms with Crippen molar-refractivity contribution >= 4 is 27.9 Å². The average molecular weight is 481 g/mol. The molecule has 3 rings (SSSR count). The smallest absolute Gasteiger partial charge is 0.425 e. The van der Waals surface area contributed by atoms with Gasteiger partial charge < -0.3 is 9.72 Å². The van der Waals surface area contributed by atoms with E-state index < -0.39 is 6.09 Å². The van der Waals surface area contributed by atoms with Gasteiger partial charge in [0.05, 0.1) is 23.5 Å². The summed E-state index contributed by atoms with van der Waals surface area (Å²) in [6, 6.07) is 4.66. The number of amides is 2. The molecular formula is C21H26BrFN4O3. The number of nitrogens with zero attached hydrogens (tertiary/aromatic N) is 2. The summed E-state index contributed by atoms with van der Waals surface area (Å²) in [6.45, 7) is 3.66. The van der Waals surface area contributed by atoms with E-state index in [0.29, 0.717) is 28.0 Å². The molecule has 2 N–H and O–H groups in total. The Bertz CT molecular complexity index is 917. The number of carbonyl (C=O) groups is 2. The van der Waals surface area contributed by atoms with Crippen LogP contribution < -0.4 is 5.43 Å². The first-order valence-corrected chi connectivity index (χ1v) is 10.8. The Kier molecular flexibility index (Phi) is 7.12. The highest BCUT2D eigenvalue weighted by atomic mass is 79.9. The largest absolute Gasteiger partial charge is 0.452 e. The van der Waals surface area contributed by atoms with E-state index in [2.05, 4.69) is 36.1 Å². The predicted octanol–water partition coefficient (Wildman–Crippen LogP) is 4.76. The number of hydrogen-bond donors (Lipinski definition) is 2. The van der Waals surface area contributed by atoms with E-state index in [9.17, 15) is 14.0 Å². The topological polar surface area (TPSA) is 87.3 Å². The molecule has 2 unspecified atom stereocenters. The Morgan fingerprint density at radius 2 is 2.07 bits per heavy atom. The lowest BCUT2D eigenvalue weighted by Gasteiger charge is -2.35. The molecular weight excluding hydrogens is 455 g/mol. The first kappa shape index (κ1) is 22.3. The number of aromatic amines is 1. The number of halogens is 2. The van der Waals surface area contributed by atoms with Crippen LogP contribution in [0.25, 0.3) is 11.3 Å². The molecule has 2 amide bonds. The minimum absolute atomic E-state index is 0.110. The second-order valence-corrected chi connectivity index (χ2v) is 8.57. The van der Waals surface area contributed by atoms with Gasteiger partial charge in [0.1, 0.15) is 11.6 Å². The molecule has 2 aromatic rings. The third-order valence-corrected chi connectivity index (χ3v) is 6.05. The summed E-state index contributed by atoms with van der Waals surface area (Å²) in [5.74, 6) is -0.239. The van der Waals surface area contributed by atoms with Crippen LogP contribution in [0.15, 0.2) is 28.9 Å². The number of carbonyl (C=O) groups excluding carboxylic acids is 2. The van der Waals surface area contributed by atoms with Gasteiger partial charge in [0.2, 0.25) is 5.91 Å². The molecule has 0 saturated heterocycles. The van der Waals surface area contributed by atoms with E-state index in [1.807, 2.05) is 13.8 Å². The van der Waals surface area contributed by atoms with E-state index >= 15 is 0 Å². The summed E-state index contributed by atoms with van der Waals surface area (Å²) in [7, 11) is 1.26. The number of imidazole rings is 1. The van der Waals surface area contributed by atoms with Crippen LogP contribution in [-0.4, -0.2) is 40.1 Å². The van der Waals surface area contributed by atoms with Crippen LogP contribution >= 0.6 is 15.9 Å². The molecule has 1 heterocycles. The number of benzene rings is 1. The molecule has 30 heavy (non-hydrogen) atoms. The Morgan fingerprint density at radius 3 is 2.73 bits per heavy atom. The van der Waals surface area contributed by atoms with E-state index in [0.717, 1.165) is 19.3 Å². The van der Waals surface area contributed by atoms with E-state index in [1.54, 1.807) is 18.3 Å². The highest BCUT2D eigenvalue weighted by Crippen LogP contribution is 2.38. The summed E-state index contributed by atoms with van der Waals surface area (Å²) >= 11 is 3.16. The molecule has 162 valence electrons. The lowest BCUT2D eigenvalue weighted by atomic mass is 9.78. The third kappa shape index (κ3) is 4.83. The fraction of sp³-hybridized carbons (Fsp3) is 0.476. The van der Waals surface area contributed by atoms with Gasteiger partial charge in [-0.05, 0) is 54.8 Å². The van der Waals surface area contributed by atoms with Crippen molar-refractivity contribution in [1.82, 2.24) is 20.4 Å². The summed E-state index contributed by atoms with van der Waals surface area (Å²) in [4.78, 5) is 32.8. The normalized spacial score (nSPS) is 18.9. The van der Waals surface area contributed by atoms with Crippen molar-refractivity contribution in [2.45, 2.75) is 51.5 Å². The van der Waals surface area contributed by atoms with E-state index in [1.165, 1.54) is 18.2 Å². The fourth-order valence-electron chi connectivity index (χ4n) is 3.85. The minimum Gasteiger partial charge on any atom is -0.452 e. The quantitative estimate of drug-likeness (QED) is 0.617. The van der Waals surface area contributed by atoms with Crippen LogP contribution in [0.5, 0.6) is 0 Å². The highest BCUT2D eigenvalue weighted by Gasteiger charge is 2.37. The zero-order valence-corrected chi connectivity index (χ0v) is 18.8. The Labute approximate surface area is 183 Å². The Hall–Kier alpha value is -2.42. The molecule has 0 bridgehead atoms. The molecule has 0 spiro atoms. The molecule has 0 radical (unpaired) electrons. The van der Waals surface area contributed by atoms with Gasteiger partial charge in [0.25, 0.3) is 0 Å². The van der Waals surface area contributed by atoms with Crippen molar-refractivity contribution in [2.24, 2.45) is 5.92 Å². The number of ether oxygens (including phenoxy) is 1. The van der Waals surface area contributed by atoms with Crippen molar-refractivity contribution in [3.8, 4) is 11.3 Å². The standard InChI is InChI=1S/C21H26BrFN4O3/c1-12(2)27(26-21(29)30-3)20(28)15-7-5-4-6-14(15)19-24-11-18(25-19)13-8-9-16(22)17(23)10-13/h8-12,14-15H,4-7H2,1-3H3,(H,24,25)(H,26,29). The second kappa shape index (κ2) is 9.59. The molecule has 1 fully saturated rings. The number of hydrazine groups is 1. The van der Waals surface area contributed by atoms with Gasteiger partial charge in [-0.15, -0.1) is 0 Å². The Balaban J connectivity index is 1.85. The van der Waals surface area contributed by atoms with E-state index in [-0.39, 0.29) is 29.6 Å². The molecule has 7 nitrogen and oxygen atoms in total. The first-order chi connectivity index (χ1) is 14.3. The van der Waals surface area contributed by atoms with Crippen molar-refractivity contribution in [3.63, 3.8) is 0 Å². The molecule has 1 aromatic carbocycles. The van der Waals surface area contributed by atoms with Gasteiger partial charge in [-0.1, -0.05) is 18.9 Å². The van der Waals surface area contributed by atoms with Gasteiger partial charge >= 0.3 is 6.09 Å². The van der Waals surface area contributed by atoms with Crippen LogP contribution in [0.4, 0.5) is 9.18 Å². The summed E-state index contributed by atoms with van der Waals surface area (Å²) in [5.41, 5.74) is 3.90. The van der Waals surface area contributed by atoms with Gasteiger partial charge in [-0.3, -0.25) is 4.79 Å². The SMILES string of the molecule is COC(=O)NN(C(=O)C1CCCCC1c1ncc(-c2ccc(Br)c(F)c2)[nH]1)C(C)C. The first-order valence-electron chi connectivity index (χ1n) is 9.99. The van der Waals surface area contributed by atoms with Crippen molar-refractivity contribution in [2.75, 3.05) is 7.11 Å². The third-order valence-electron chi connectivity index (χ3n) is 5.41. The maximum atomic E-state index is 13.9. The molecule has 9 heteroatoms. The minimum atomic E-state index is -0.679. The highest BCUT2D eigenvalue weighted by molar-refractivity contribution is 9.10. The van der Waals surface area contributed by atoms with Crippen LogP contribution in [0.1, 0.15) is 51.3 Å². The molecule has 1 saturated carbocycles. The van der Waals surface area contributed by atoms with Crippen molar-refractivity contribution in [1.29, 1.82) is 0 Å². The molecule has 1 aromatic heterocycles. The monoisotopic (exact) mass is 480 g/mol. The van der Waals surface area contributed by atoms with Crippen LogP contribution in [-0.2, 0) is 9.53 Å². The molecule has 1 aliphatic carbocycles. The summed E-state index contributed by atoms with van der Waals surface area (Å²) in [6.07, 6.45) is 4.43. The lowest BCUT2D eigenvalue weighted by molar-refractivity contribution is -0.142. The van der Waals surface area contributed by atoms with Crippen molar-refractivity contribution in [3.05, 3.63) is 40.5 Å². The van der Waals surface area contributed by atoms with Gasteiger partial charge in [0.15, 0.2) is 0 Å². The number of nitrogens with one attached hydrogen (secondary N) is 2. The predicted molar refractivity (Wildman–Crippen MR) is 114 cm³/mol. The van der Waals surface area contributed by atoms with Gasteiger partial charge in [-0.25, -0.2) is 24.6 Å². The van der Waals surface area contributed by atoms with Crippen LogP contribution in [0.3, 0.4) is 0 Å². The molecule has 1 aliphatic rings. The molecule has 0 aliphatic heterocycles. The number of H-pyrrole nitrogens is 1. The number of methoxy groups -OCH3 is 1. The lowest BCUT2D eigenvalue weighted by Crippen LogP contribution is -2.53. The zero-order valence-electron chi connectivity index (χ0n) is 17.2. The number of rotatable bonds is 4. The fourth-order valence-corrected chi connectivity index (χ4v) is 4.10. The summed E-state index contributed by atoms with van der Waals surface area (Å²) < 4.78 is 19.0. The van der Waals surface area contributed by atoms with Crippen LogP contribution in [0, 0.1) is 11.7 Å². The van der Waals surface area contributed by atoms with E-state index in [4.69, 9.17) is 0 Å². The van der Waals surface area contributed by atoms with Gasteiger partial charge in [-0.2, -0.15) is 0 Å². The second-order valence-electron chi connectivity index (χ2n) is 7.71. The maximum Gasteiger partial charge on any atom is 0.425 e. The van der Waals surface area contributed by atoms with Crippen LogP contribution in [0.2, 0.25) is 0 Å². The number of aromatic nitrogens is 2. The molecule has 2 atom stereocenters. The Morgan fingerprint density at radius 1 is 1.33 bits per heavy atom. The van der Waals surface area contributed by atoms with Gasteiger partial charge in [0, 0.05) is 23.4 Å².